The Kier molecular flexibility index (Phi) is 2.03. The van der Waals surface area contributed by atoms with E-state index in [0.29, 0.717) is 5.92 Å². The second kappa shape index (κ2) is 2.95. The predicted molar refractivity (Wildman–Crippen MR) is 50.2 cm³/mol. The van der Waals surface area contributed by atoms with Crippen LogP contribution in [-0.2, 0) is 4.79 Å². The highest BCUT2D eigenvalue weighted by Crippen LogP contribution is 2.49. The van der Waals surface area contributed by atoms with Gasteiger partial charge in [0.05, 0.1) is 6.61 Å². The van der Waals surface area contributed by atoms with E-state index in [-0.39, 0.29) is 23.7 Å². The third-order valence-electron chi connectivity index (χ3n) is 3.70. The Morgan fingerprint density at radius 2 is 2.46 bits per heavy atom. The quantitative estimate of drug-likeness (QED) is 0.654. The van der Waals surface area contributed by atoms with E-state index in [1.165, 1.54) is 0 Å². The van der Waals surface area contributed by atoms with E-state index in [1.807, 2.05) is 0 Å². The van der Waals surface area contributed by atoms with Crippen molar-refractivity contribution in [1.29, 1.82) is 0 Å². The molecule has 0 aromatic heterocycles. The second-order valence-electron chi connectivity index (χ2n) is 4.45. The molecule has 0 radical (unpaired) electrons. The summed E-state index contributed by atoms with van der Waals surface area (Å²) < 4.78 is 0. The van der Waals surface area contributed by atoms with Gasteiger partial charge in [-0.05, 0) is 32.1 Å². The highest BCUT2D eigenvalue weighted by atomic mass is 16.3. The normalized spacial score (nSPS) is 42.3. The van der Waals surface area contributed by atoms with Crippen molar-refractivity contribution in [3.05, 3.63) is 12.2 Å². The van der Waals surface area contributed by atoms with Crippen molar-refractivity contribution < 1.29 is 9.90 Å². The summed E-state index contributed by atoms with van der Waals surface area (Å²) in [6.45, 7) is 1.77. The Hall–Kier alpha value is -0.630. The van der Waals surface area contributed by atoms with Crippen LogP contribution in [-0.4, -0.2) is 17.5 Å². The van der Waals surface area contributed by atoms with Crippen molar-refractivity contribution in [1.82, 2.24) is 0 Å². The first-order chi connectivity index (χ1) is 6.18. The molecule has 3 aliphatic carbocycles. The number of allylic oxidation sites excluding steroid dienone is 1. The molecule has 0 saturated heterocycles. The molecule has 3 atom stereocenters. The summed E-state index contributed by atoms with van der Waals surface area (Å²) in [4.78, 5) is 11.4. The van der Waals surface area contributed by atoms with E-state index in [9.17, 15) is 9.90 Å². The first-order valence-corrected chi connectivity index (χ1v) is 4.98. The fourth-order valence-electron chi connectivity index (χ4n) is 2.80. The molecule has 0 heterocycles. The van der Waals surface area contributed by atoms with Crippen LogP contribution in [0.1, 0.15) is 26.2 Å². The number of aliphatic hydroxyl groups excluding tert-OH is 1. The number of aliphatic hydroxyl groups is 1. The molecule has 0 aromatic rings. The summed E-state index contributed by atoms with van der Waals surface area (Å²) in [6, 6.07) is 0. The van der Waals surface area contributed by atoms with Crippen LogP contribution >= 0.6 is 0 Å². The molecule has 2 nitrogen and oxygen atoms in total. The number of hydrogen-bond donors (Lipinski definition) is 1. The van der Waals surface area contributed by atoms with E-state index in [4.69, 9.17) is 0 Å². The molecule has 0 unspecified atom stereocenters. The Morgan fingerprint density at radius 1 is 1.69 bits per heavy atom. The van der Waals surface area contributed by atoms with Crippen LogP contribution in [0.5, 0.6) is 0 Å². The first kappa shape index (κ1) is 8.95. The summed E-state index contributed by atoms with van der Waals surface area (Å²) in [5.41, 5.74) is -0.208. The summed E-state index contributed by atoms with van der Waals surface area (Å²) in [7, 11) is 0. The van der Waals surface area contributed by atoms with Gasteiger partial charge < -0.3 is 5.11 Å². The van der Waals surface area contributed by atoms with E-state index < -0.39 is 0 Å². The number of hydrogen-bond acceptors (Lipinski definition) is 2. The number of Topliss-reactive ketones (excluding diaryl/α,β-unsaturated/α-hetero) is 1. The number of carbonyl (C=O) groups excluding carboxylic acids is 1. The molecule has 3 aliphatic rings. The number of rotatable bonds is 2. The first-order valence-electron chi connectivity index (χ1n) is 4.98. The molecule has 3 rings (SSSR count). The topological polar surface area (TPSA) is 37.3 Å². The zero-order chi connectivity index (χ0) is 9.47. The van der Waals surface area contributed by atoms with Crippen molar-refractivity contribution in [2.75, 3.05) is 6.61 Å². The molecule has 1 N–H and O–H groups in total. The van der Waals surface area contributed by atoms with Crippen LogP contribution in [0.3, 0.4) is 0 Å². The van der Waals surface area contributed by atoms with Gasteiger partial charge in [0.1, 0.15) is 5.78 Å². The third-order valence-corrected chi connectivity index (χ3v) is 3.70. The Bertz CT molecular complexity index is 257. The van der Waals surface area contributed by atoms with Crippen LogP contribution in [0, 0.1) is 17.3 Å². The van der Waals surface area contributed by atoms with Crippen LogP contribution in [0.2, 0.25) is 0 Å². The van der Waals surface area contributed by atoms with Gasteiger partial charge in [0.2, 0.25) is 0 Å². The molecular weight excluding hydrogens is 164 g/mol. The fraction of sp³-hybridized carbons (Fsp3) is 0.727. The summed E-state index contributed by atoms with van der Waals surface area (Å²) in [5.74, 6) is 0.895. The smallest absolute Gasteiger partial charge is 0.133 e. The summed E-state index contributed by atoms with van der Waals surface area (Å²) in [6.07, 6.45) is 7.33. The Balaban J connectivity index is 2.32. The lowest BCUT2D eigenvalue weighted by Gasteiger charge is -2.46. The minimum atomic E-state index is -0.208. The Labute approximate surface area is 78.6 Å². The van der Waals surface area contributed by atoms with Crippen molar-refractivity contribution in [2.45, 2.75) is 26.2 Å². The maximum Gasteiger partial charge on any atom is 0.133 e. The number of ketones is 1. The fourth-order valence-corrected chi connectivity index (χ4v) is 2.80. The lowest BCUT2D eigenvalue weighted by molar-refractivity contribution is -0.128. The van der Waals surface area contributed by atoms with Crippen LogP contribution < -0.4 is 0 Å². The molecule has 0 aliphatic heterocycles. The van der Waals surface area contributed by atoms with Gasteiger partial charge in [-0.1, -0.05) is 12.2 Å². The van der Waals surface area contributed by atoms with E-state index >= 15 is 0 Å². The molecule has 1 saturated carbocycles. The zero-order valence-corrected chi connectivity index (χ0v) is 7.99. The average molecular weight is 180 g/mol. The predicted octanol–water partition coefficient (Wildman–Crippen LogP) is 1.54. The molecule has 0 aromatic carbocycles. The second-order valence-corrected chi connectivity index (χ2v) is 4.45. The zero-order valence-electron chi connectivity index (χ0n) is 7.99. The molecule has 72 valence electrons. The van der Waals surface area contributed by atoms with Crippen LogP contribution in [0.15, 0.2) is 12.2 Å². The Morgan fingerprint density at radius 3 is 2.85 bits per heavy atom. The van der Waals surface area contributed by atoms with E-state index in [2.05, 4.69) is 12.2 Å². The maximum absolute atomic E-state index is 11.4. The van der Waals surface area contributed by atoms with Gasteiger partial charge in [-0.3, -0.25) is 4.79 Å². The molecule has 1 fully saturated rings. The van der Waals surface area contributed by atoms with Crippen LogP contribution in [0.4, 0.5) is 0 Å². The third kappa shape index (κ3) is 1.24. The van der Waals surface area contributed by atoms with Gasteiger partial charge in [-0.25, -0.2) is 0 Å². The van der Waals surface area contributed by atoms with Crippen molar-refractivity contribution in [3.63, 3.8) is 0 Å². The lowest BCUT2D eigenvalue weighted by Crippen LogP contribution is -2.44. The van der Waals surface area contributed by atoms with Crippen molar-refractivity contribution in [3.8, 4) is 0 Å². The van der Waals surface area contributed by atoms with Crippen LogP contribution in [0.25, 0.3) is 0 Å². The lowest BCUT2D eigenvalue weighted by atomic mass is 9.58. The number of carbonyl (C=O) groups is 1. The molecule has 0 spiro atoms. The summed E-state index contributed by atoms with van der Waals surface area (Å²) in [5, 5.41) is 9.38. The van der Waals surface area contributed by atoms with Gasteiger partial charge in [0.15, 0.2) is 0 Å². The average Bonchev–Trinajstić information content (AvgIpc) is 2.19. The summed E-state index contributed by atoms with van der Waals surface area (Å²) >= 11 is 0. The minimum Gasteiger partial charge on any atom is -0.395 e. The van der Waals surface area contributed by atoms with Gasteiger partial charge in [0, 0.05) is 11.3 Å². The monoisotopic (exact) mass is 180 g/mol. The SMILES string of the molecule is CC(=O)[C@@H]1C[C@H]2C=C[C@]1(CO)CC2. The highest BCUT2D eigenvalue weighted by molar-refractivity contribution is 5.80. The molecular formula is C11H16O2. The van der Waals surface area contributed by atoms with E-state index in [0.717, 1.165) is 19.3 Å². The largest absolute Gasteiger partial charge is 0.395 e. The van der Waals surface area contributed by atoms with Crippen molar-refractivity contribution >= 4 is 5.78 Å². The van der Waals surface area contributed by atoms with Gasteiger partial charge in [-0.2, -0.15) is 0 Å². The molecule has 0 amide bonds. The minimum absolute atomic E-state index is 0.0706. The standard InChI is InChI=1S/C11H16O2/c1-8(13)10-6-9-2-4-11(10,7-12)5-3-9/h2,4,9-10,12H,3,5-7H2,1H3/t9-,10-,11+/m0/s1. The molecule has 2 bridgehead atoms. The van der Waals surface area contributed by atoms with Gasteiger partial charge in [-0.15, -0.1) is 0 Å². The van der Waals surface area contributed by atoms with Gasteiger partial charge in [0.25, 0.3) is 0 Å². The van der Waals surface area contributed by atoms with E-state index in [1.54, 1.807) is 6.92 Å². The van der Waals surface area contributed by atoms with Crippen molar-refractivity contribution in [2.24, 2.45) is 17.3 Å². The van der Waals surface area contributed by atoms with Gasteiger partial charge >= 0.3 is 0 Å². The molecule has 2 heteroatoms. The molecule has 13 heavy (non-hydrogen) atoms. The highest BCUT2D eigenvalue weighted by Gasteiger charge is 2.46. The number of fused-ring (bicyclic) bond motifs is 2. The maximum atomic E-state index is 11.4.